The summed E-state index contributed by atoms with van der Waals surface area (Å²) in [5, 5.41) is 11.6. The third kappa shape index (κ3) is 2.50. The quantitative estimate of drug-likeness (QED) is 0.534. The molecule has 2 aromatic rings. The monoisotopic (exact) mass is 215 g/mol. The lowest BCUT2D eigenvalue weighted by atomic mass is 10.3. The molecule has 1 unspecified atom stereocenters. The number of nitrogens with two attached hydrogens (primary N) is 1. The topological polar surface area (TPSA) is 65.5 Å². The van der Waals surface area contributed by atoms with Gasteiger partial charge in [0.1, 0.15) is 0 Å². The average molecular weight is 215 g/mol. The van der Waals surface area contributed by atoms with Gasteiger partial charge in [-0.25, -0.2) is 10.6 Å². The molecule has 4 N–H and O–H groups in total. The molecule has 1 atom stereocenters. The van der Waals surface area contributed by atoms with Crippen LogP contribution in [-0.2, 0) is 0 Å². The van der Waals surface area contributed by atoms with Crippen molar-refractivity contribution >= 4 is 17.1 Å². The molecule has 0 aliphatic heterocycles. The molecule has 0 aliphatic rings. The number of anilines is 2. The highest BCUT2D eigenvalue weighted by molar-refractivity contribution is 5.48. The summed E-state index contributed by atoms with van der Waals surface area (Å²) in [6, 6.07) is 16.2. The zero-order chi connectivity index (χ0) is 11.4. The minimum Gasteiger partial charge on any atom is -0.603 e. The molecule has 16 heavy (non-hydrogen) atoms. The summed E-state index contributed by atoms with van der Waals surface area (Å²) in [5.41, 5.74) is 10.3. The number of rotatable bonds is 3. The number of hydrogen-bond acceptors (Lipinski definition) is 3. The van der Waals surface area contributed by atoms with Gasteiger partial charge in [-0.15, -0.1) is 0 Å². The van der Waals surface area contributed by atoms with E-state index in [4.69, 9.17) is 5.73 Å². The molecule has 2 aromatic carbocycles. The van der Waals surface area contributed by atoms with Gasteiger partial charge in [0, 0.05) is 17.8 Å². The average Bonchev–Trinajstić information content (AvgIpc) is 2.30. The molecule has 0 fully saturated rings. The molecule has 0 aromatic heterocycles. The summed E-state index contributed by atoms with van der Waals surface area (Å²) in [7, 11) is 0. The van der Waals surface area contributed by atoms with Crippen molar-refractivity contribution < 1.29 is 5.17 Å². The van der Waals surface area contributed by atoms with E-state index in [9.17, 15) is 5.21 Å². The molecule has 0 heterocycles. The van der Waals surface area contributed by atoms with Crippen LogP contribution in [0.3, 0.4) is 0 Å². The third-order valence-corrected chi connectivity index (χ3v) is 2.18. The Morgan fingerprint density at radius 3 is 2.44 bits per heavy atom. The van der Waals surface area contributed by atoms with Gasteiger partial charge in [-0.3, -0.25) is 0 Å². The lowest BCUT2D eigenvalue weighted by Gasteiger charge is -2.22. The molecule has 82 valence electrons. The molecule has 0 saturated heterocycles. The van der Waals surface area contributed by atoms with Gasteiger partial charge in [-0.2, -0.15) is 0 Å². The maximum atomic E-state index is 11.8. The molecular weight excluding hydrogens is 202 g/mol. The Labute approximate surface area is 93.9 Å². The van der Waals surface area contributed by atoms with Gasteiger partial charge in [-0.05, 0) is 18.2 Å². The van der Waals surface area contributed by atoms with Crippen molar-refractivity contribution in [1.29, 1.82) is 0 Å². The molecule has 2 rings (SSSR count). The van der Waals surface area contributed by atoms with E-state index in [0.717, 1.165) is 5.69 Å². The molecule has 0 amide bonds. The zero-order valence-electron chi connectivity index (χ0n) is 8.68. The smallest absolute Gasteiger partial charge is 0.157 e. The minimum absolute atomic E-state index is 0.154. The van der Waals surface area contributed by atoms with Gasteiger partial charge >= 0.3 is 0 Å². The second-order valence-corrected chi connectivity index (χ2v) is 3.45. The largest absolute Gasteiger partial charge is 0.603 e. The van der Waals surface area contributed by atoms with E-state index in [-0.39, 0.29) is 5.17 Å². The first-order chi connectivity index (χ1) is 7.75. The van der Waals surface area contributed by atoms with Gasteiger partial charge in [0.05, 0.1) is 5.69 Å². The summed E-state index contributed by atoms with van der Waals surface area (Å²) in [5.74, 6) is 0. The number of nitrogens with one attached hydrogen (secondary N) is 2. The van der Waals surface area contributed by atoms with E-state index in [1.54, 1.807) is 24.3 Å². The number of quaternary nitrogens is 1. The van der Waals surface area contributed by atoms with Gasteiger partial charge in [0.25, 0.3) is 0 Å². The zero-order valence-corrected chi connectivity index (χ0v) is 8.68. The van der Waals surface area contributed by atoms with Crippen LogP contribution in [0.2, 0.25) is 0 Å². The van der Waals surface area contributed by atoms with Crippen LogP contribution in [-0.4, -0.2) is 0 Å². The first-order valence-corrected chi connectivity index (χ1v) is 4.97. The molecule has 0 radical (unpaired) electrons. The Kier molecular flexibility index (Phi) is 3.05. The van der Waals surface area contributed by atoms with Crippen molar-refractivity contribution in [1.82, 2.24) is 0 Å². The van der Waals surface area contributed by atoms with Crippen LogP contribution in [0.15, 0.2) is 54.6 Å². The lowest BCUT2D eigenvalue weighted by Crippen LogP contribution is -3.05. The highest BCUT2D eigenvalue weighted by Gasteiger charge is 2.02. The Morgan fingerprint density at radius 2 is 1.75 bits per heavy atom. The SMILES string of the molecule is Nc1cccc([NH+]([O-])Nc2ccccc2)c1. The number of hydrogen-bond donors (Lipinski definition) is 3. The van der Waals surface area contributed by atoms with Crippen molar-refractivity contribution in [2.75, 3.05) is 11.2 Å². The first-order valence-electron chi connectivity index (χ1n) is 4.97. The van der Waals surface area contributed by atoms with Crippen LogP contribution < -0.4 is 16.3 Å². The summed E-state index contributed by atoms with van der Waals surface area (Å²) in [4.78, 5) is 0. The second kappa shape index (κ2) is 4.65. The number of para-hydroxylation sites is 1. The van der Waals surface area contributed by atoms with Crippen LogP contribution in [0.4, 0.5) is 17.1 Å². The summed E-state index contributed by atoms with van der Waals surface area (Å²) in [6.07, 6.45) is 0. The fraction of sp³-hybridized carbons (Fsp3) is 0. The first kappa shape index (κ1) is 10.5. The maximum Gasteiger partial charge on any atom is 0.157 e. The molecule has 4 nitrogen and oxygen atoms in total. The Bertz CT molecular complexity index is 459. The van der Waals surface area contributed by atoms with Gasteiger partial charge in [0.2, 0.25) is 0 Å². The van der Waals surface area contributed by atoms with Crippen molar-refractivity contribution in [3.05, 3.63) is 59.8 Å². The number of nitrogen functional groups attached to an aromatic ring is 1. The predicted molar refractivity (Wildman–Crippen MR) is 64.9 cm³/mol. The van der Waals surface area contributed by atoms with Crippen molar-refractivity contribution in [2.24, 2.45) is 0 Å². The van der Waals surface area contributed by atoms with E-state index in [0.29, 0.717) is 11.4 Å². The van der Waals surface area contributed by atoms with Crippen LogP contribution in [0.1, 0.15) is 0 Å². The van der Waals surface area contributed by atoms with Crippen molar-refractivity contribution in [3.63, 3.8) is 0 Å². The Balaban J connectivity index is 2.12. The van der Waals surface area contributed by atoms with Crippen LogP contribution in [0, 0.1) is 5.21 Å². The summed E-state index contributed by atoms with van der Waals surface area (Å²) in [6.45, 7) is 0. The van der Waals surface area contributed by atoms with Gasteiger partial charge < -0.3 is 10.9 Å². The molecule has 0 saturated carbocycles. The summed E-state index contributed by atoms with van der Waals surface area (Å²) < 4.78 is 0. The molecule has 0 spiro atoms. The lowest BCUT2D eigenvalue weighted by molar-refractivity contribution is -0.749. The van der Waals surface area contributed by atoms with Crippen LogP contribution in [0.5, 0.6) is 0 Å². The molecule has 4 heteroatoms. The van der Waals surface area contributed by atoms with E-state index in [2.05, 4.69) is 5.43 Å². The minimum atomic E-state index is -0.154. The van der Waals surface area contributed by atoms with E-state index < -0.39 is 0 Å². The second-order valence-electron chi connectivity index (χ2n) is 3.45. The van der Waals surface area contributed by atoms with Crippen LogP contribution in [0.25, 0.3) is 0 Å². The molecular formula is C12H13N3O. The summed E-state index contributed by atoms with van der Waals surface area (Å²) >= 11 is 0. The van der Waals surface area contributed by atoms with E-state index in [1.165, 1.54) is 0 Å². The van der Waals surface area contributed by atoms with E-state index >= 15 is 0 Å². The third-order valence-electron chi connectivity index (χ3n) is 2.18. The fourth-order valence-corrected chi connectivity index (χ4v) is 1.40. The fourth-order valence-electron chi connectivity index (χ4n) is 1.40. The standard InChI is InChI=1S/C12H13N3O/c13-10-5-4-8-12(9-10)15(16)14-11-6-2-1-3-7-11/h1-9,14-15H,13H2. The Hall–Kier alpha value is -2.04. The van der Waals surface area contributed by atoms with Gasteiger partial charge in [0.15, 0.2) is 5.69 Å². The molecule has 0 bridgehead atoms. The highest BCUT2D eigenvalue weighted by atomic mass is 16.5. The predicted octanol–water partition coefficient (Wildman–Crippen LogP) is 1.31. The normalized spacial score (nSPS) is 12.1. The van der Waals surface area contributed by atoms with Gasteiger partial charge in [-0.1, -0.05) is 24.3 Å². The maximum absolute atomic E-state index is 11.8. The highest BCUT2D eigenvalue weighted by Crippen LogP contribution is 2.08. The van der Waals surface area contributed by atoms with Crippen molar-refractivity contribution in [2.45, 2.75) is 0 Å². The number of benzene rings is 2. The van der Waals surface area contributed by atoms with Crippen molar-refractivity contribution in [3.8, 4) is 0 Å². The van der Waals surface area contributed by atoms with E-state index in [1.807, 2.05) is 30.3 Å². The molecule has 0 aliphatic carbocycles. The Morgan fingerprint density at radius 1 is 1.00 bits per heavy atom. The van der Waals surface area contributed by atoms with Crippen LogP contribution >= 0.6 is 0 Å².